The summed E-state index contributed by atoms with van der Waals surface area (Å²) in [5.41, 5.74) is 1.18. The van der Waals surface area contributed by atoms with Crippen LogP contribution in [-0.4, -0.2) is 115 Å². The van der Waals surface area contributed by atoms with Crippen LogP contribution in [0.15, 0.2) is 42.7 Å². The van der Waals surface area contributed by atoms with Crippen molar-refractivity contribution in [1.29, 1.82) is 0 Å². The van der Waals surface area contributed by atoms with Crippen molar-refractivity contribution in [2.45, 2.75) is 71.1 Å². The minimum absolute atomic E-state index is 0.0601. The SMILES string of the molecule is C[C@H]1CCCCO[C@@H](CN(C)C(=O)CCCN(C)C)[C@@H](C)CN([C@@H](C)CO)C(=O)c2cc(NC(=O)c3ccncc3)ccc2O1. The van der Waals surface area contributed by atoms with E-state index in [0.717, 1.165) is 32.2 Å². The number of amides is 3. The van der Waals surface area contributed by atoms with Crippen molar-refractivity contribution >= 4 is 23.4 Å². The Morgan fingerprint density at radius 3 is 2.56 bits per heavy atom. The summed E-state index contributed by atoms with van der Waals surface area (Å²) in [7, 11) is 5.78. The zero-order valence-corrected chi connectivity index (χ0v) is 27.7. The maximum absolute atomic E-state index is 14.3. The molecule has 4 atom stereocenters. The first-order valence-corrected chi connectivity index (χ1v) is 15.9. The standard InChI is InChI=1S/C34H51N5O6/c1-24-21-39(25(2)23-40)34(43)29-20-28(36-33(42)27-14-16-35-17-15-27)12-13-30(29)45-26(3)10-7-8-19-44-31(24)22-38(6)32(41)11-9-18-37(4)5/h12-17,20,24-26,31,40H,7-11,18-19,21-23H2,1-6H3,(H,36,42)/t24-,25-,26-,31-/m0/s1. The van der Waals surface area contributed by atoms with E-state index in [4.69, 9.17) is 9.47 Å². The van der Waals surface area contributed by atoms with Gasteiger partial charge in [-0.05, 0) is 90.5 Å². The van der Waals surface area contributed by atoms with E-state index in [1.165, 1.54) is 0 Å². The number of pyridine rings is 1. The predicted molar refractivity (Wildman–Crippen MR) is 174 cm³/mol. The highest BCUT2D eigenvalue weighted by atomic mass is 16.5. The van der Waals surface area contributed by atoms with Gasteiger partial charge in [-0.3, -0.25) is 19.4 Å². The second kappa shape index (κ2) is 17.8. The summed E-state index contributed by atoms with van der Waals surface area (Å²) in [4.78, 5) is 49.5. The molecule has 3 amide bonds. The van der Waals surface area contributed by atoms with Crippen molar-refractivity contribution in [1.82, 2.24) is 19.7 Å². The highest BCUT2D eigenvalue weighted by Gasteiger charge is 2.31. The van der Waals surface area contributed by atoms with E-state index in [9.17, 15) is 19.5 Å². The molecule has 0 radical (unpaired) electrons. The molecular formula is C34H51N5O6. The molecule has 2 aromatic rings. The molecule has 0 spiro atoms. The number of carbonyl (C=O) groups excluding carboxylic acids is 3. The van der Waals surface area contributed by atoms with Crippen LogP contribution < -0.4 is 10.1 Å². The van der Waals surface area contributed by atoms with Gasteiger partial charge >= 0.3 is 0 Å². The average molecular weight is 626 g/mol. The van der Waals surface area contributed by atoms with Crippen LogP contribution >= 0.6 is 0 Å². The monoisotopic (exact) mass is 625 g/mol. The molecule has 0 fully saturated rings. The predicted octanol–water partition coefficient (Wildman–Crippen LogP) is 3.93. The van der Waals surface area contributed by atoms with Crippen molar-refractivity contribution in [3.05, 3.63) is 53.9 Å². The summed E-state index contributed by atoms with van der Waals surface area (Å²) in [6, 6.07) is 7.79. The second-order valence-electron chi connectivity index (χ2n) is 12.4. The summed E-state index contributed by atoms with van der Waals surface area (Å²) in [6.45, 7) is 7.60. The highest BCUT2D eigenvalue weighted by Crippen LogP contribution is 2.29. The normalized spacial score (nSPS) is 20.5. The van der Waals surface area contributed by atoms with Crippen LogP contribution in [0, 0.1) is 5.92 Å². The summed E-state index contributed by atoms with van der Waals surface area (Å²) < 4.78 is 12.6. The summed E-state index contributed by atoms with van der Waals surface area (Å²) in [5.74, 6) is -0.319. The van der Waals surface area contributed by atoms with Crippen LogP contribution in [0.5, 0.6) is 5.75 Å². The maximum atomic E-state index is 14.3. The van der Waals surface area contributed by atoms with Gasteiger partial charge in [0.25, 0.3) is 11.8 Å². The van der Waals surface area contributed by atoms with Gasteiger partial charge in [-0.25, -0.2) is 0 Å². The number of carbonyl (C=O) groups is 3. The molecule has 0 aliphatic carbocycles. The Bertz CT molecular complexity index is 1240. The molecule has 248 valence electrons. The first-order chi connectivity index (χ1) is 21.5. The molecule has 11 nitrogen and oxygen atoms in total. The lowest BCUT2D eigenvalue weighted by Crippen LogP contribution is -2.48. The van der Waals surface area contributed by atoms with Crippen LogP contribution in [0.1, 0.15) is 73.6 Å². The third-order valence-electron chi connectivity index (χ3n) is 8.13. The zero-order chi connectivity index (χ0) is 32.9. The van der Waals surface area contributed by atoms with Gasteiger partial charge in [0.15, 0.2) is 0 Å². The topological polar surface area (TPSA) is 125 Å². The Morgan fingerprint density at radius 1 is 1.13 bits per heavy atom. The van der Waals surface area contributed by atoms with Crippen LogP contribution in [-0.2, 0) is 9.53 Å². The molecule has 11 heteroatoms. The molecule has 1 aromatic carbocycles. The van der Waals surface area contributed by atoms with Gasteiger partial charge in [-0.2, -0.15) is 0 Å². The van der Waals surface area contributed by atoms with E-state index in [0.29, 0.717) is 42.1 Å². The van der Waals surface area contributed by atoms with Crippen molar-refractivity contribution in [3.63, 3.8) is 0 Å². The second-order valence-corrected chi connectivity index (χ2v) is 12.4. The van der Waals surface area contributed by atoms with Gasteiger partial charge in [0.1, 0.15) is 5.75 Å². The quantitative estimate of drug-likeness (QED) is 0.407. The van der Waals surface area contributed by atoms with Gasteiger partial charge in [0.2, 0.25) is 5.91 Å². The largest absolute Gasteiger partial charge is 0.490 e. The van der Waals surface area contributed by atoms with Crippen LogP contribution in [0.3, 0.4) is 0 Å². The fourth-order valence-electron chi connectivity index (χ4n) is 5.28. The first kappa shape index (κ1) is 35.9. The molecule has 2 heterocycles. The van der Waals surface area contributed by atoms with Gasteiger partial charge < -0.3 is 34.6 Å². The third-order valence-corrected chi connectivity index (χ3v) is 8.13. The molecular weight excluding hydrogens is 574 g/mol. The number of anilines is 1. The number of ether oxygens (including phenoxy) is 2. The summed E-state index contributed by atoms with van der Waals surface area (Å²) >= 11 is 0. The Labute approximate surface area is 267 Å². The lowest BCUT2D eigenvalue weighted by molar-refractivity contribution is -0.132. The van der Waals surface area contributed by atoms with Crippen LogP contribution in [0.2, 0.25) is 0 Å². The Kier molecular flexibility index (Phi) is 14.2. The number of rotatable bonds is 10. The number of aliphatic hydroxyl groups is 1. The number of hydrogen-bond acceptors (Lipinski definition) is 8. The Morgan fingerprint density at radius 2 is 1.87 bits per heavy atom. The van der Waals surface area contributed by atoms with E-state index in [2.05, 4.69) is 15.2 Å². The van der Waals surface area contributed by atoms with Crippen molar-refractivity contribution in [3.8, 4) is 5.75 Å². The molecule has 0 saturated heterocycles. The van der Waals surface area contributed by atoms with Crippen molar-refractivity contribution < 1.29 is 29.0 Å². The maximum Gasteiger partial charge on any atom is 0.258 e. The number of benzene rings is 1. The first-order valence-electron chi connectivity index (χ1n) is 15.9. The van der Waals surface area contributed by atoms with E-state index in [1.54, 1.807) is 66.5 Å². The zero-order valence-electron chi connectivity index (χ0n) is 27.7. The molecule has 0 bridgehead atoms. The van der Waals surface area contributed by atoms with Crippen molar-refractivity contribution in [2.75, 3.05) is 59.3 Å². The van der Waals surface area contributed by atoms with Gasteiger partial charge in [0.05, 0.1) is 30.4 Å². The number of likely N-dealkylation sites (N-methyl/N-ethyl adjacent to an activating group) is 1. The molecule has 1 aromatic heterocycles. The average Bonchev–Trinajstić information content (AvgIpc) is 3.02. The molecule has 3 rings (SSSR count). The van der Waals surface area contributed by atoms with E-state index in [1.807, 2.05) is 27.9 Å². The number of fused-ring (bicyclic) bond motifs is 1. The number of aromatic nitrogens is 1. The lowest BCUT2D eigenvalue weighted by Gasteiger charge is -2.36. The lowest BCUT2D eigenvalue weighted by atomic mass is 10.0. The van der Waals surface area contributed by atoms with Gasteiger partial charge in [-0.15, -0.1) is 0 Å². The van der Waals surface area contributed by atoms with Gasteiger partial charge in [0, 0.05) is 62.7 Å². The minimum Gasteiger partial charge on any atom is -0.490 e. The molecule has 0 unspecified atom stereocenters. The molecule has 45 heavy (non-hydrogen) atoms. The van der Waals surface area contributed by atoms with E-state index >= 15 is 0 Å². The fraction of sp³-hybridized carbons (Fsp3) is 0.588. The molecule has 2 N–H and O–H groups in total. The third kappa shape index (κ3) is 11.1. The number of nitrogens with zero attached hydrogens (tertiary/aromatic N) is 4. The Hall–Kier alpha value is -3.54. The number of aliphatic hydroxyl groups excluding tert-OH is 1. The van der Waals surface area contributed by atoms with Crippen LogP contribution in [0.4, 0.5) is 5.69 Å². The molecule has 0 saturated carbocycles. The minimum atomic E-state index is -0.501. The Balaban J connectivity index is 1.89. The highest BCUT2D eigenvalue weighted by molar-refractivity contribution is 6.05. The number of hydrogen-bond donors (Lipinski definition) is 2. The van der Waals surface area contributed by atoms with Crippen molar-refractivity contribution in [2.24, 2.45) is 5.92 Å². The number of nitrogens with one attached hydrogen (secondary N) is 1. The molecule has 1 aliphatic heterocycles. The summed E-state index contributed by atoms with van der Waals surface area (Å²) in [5, 5.41) is 13.1. The smallest absolute Gasteiger partial charge is 0.258 e. The van der Waals surface area contributed by atoms with E-state index in [-0.39, 0.29) is 49.0 Å². The van der Waals surface area contributed by atoms with Crippen LogP contribution in [0.25, 0.3) is 0 Å². The molecule has 1 aliphatic rings. The fourth-order valence-corrected chi connectivity index (χ4v) is 5.28. The summed E-state index contributed by atoms with van der Waals surface area (Å²) in [6.07, 6.45) is 6.31. The van der Waals surface area contributed by atoms with E-state index < -0.39 is 6.04 Å². The van der Waals surface area contributed by atoms with Gasteiger partial charge in [-0.1, -0.05) is 6.92 Å².